The summed E-state index contributed by atoms with van der Waals surface area (Å²) >= 11 is 0. The minimum atomic E-state index is -0.338. The number of carbonyl (C=O) groups excluding carboxylic acids is 2. The Hall–Kier alpha value is -1.84. The lowest BCUT2D eigenvalue weighted by atomic mass is 10.1. The summed E-state index contributed by atoms with van der Waals surface area (Å²) in [5.74, 6) is -0.668. The van der Waals surface area contributed by atoms with Crippen molar-refractivity contribution >= 4 is 11.9 Å². The van der Waals surface area contributed by atoms with Gasteiger partial charge in [-0.05, 0) is 43.5 Å². The minimum Gasteiger partial charge on any atom is -0.462 e. The molecule has 1 unspecified atom stereocenters. The molecule has 0 aliphatic heterocycles. The van der Waals surface area contributed by atoms with Crippen molar-refractivity contribution in [3.05, 3.63) is 35.4 Å². The molecule has 0 fully saturated rings. The first-order valence-electron chi connectivity index (χ1n) is 10.1. The summed E-state index contributed by atoms with van der Waals surface area (Å²) in [5.41, 5.74) is 0.934. The Morgan fingerprint density at radius 3 is 1.96 bits per heavy atom. The van der Waals surface area contributed by atoms with Gasteiger partial charge in [-0.15, -0.1) is 0 Å². The van der Waals surface area contributed by atoms with E-state index in [2.05, 4.69) is 13.8 Å². The molecule has 0 saturated carbocycles. The molecule has 0 aliphatic carbocycles. The molecule has 0 spiro atoms. The van der Waals surface area contributed by atoms with Crippen LogP contribution in [-0.2, 0) is 9.47 Å². The third-order valence-electron chi connectivity index (χ3n) is 4.45. The number of benzene rings is 1. The van der Waals surface area contributed by atoms with Crippen molar-refractivity contribution in [2.24, 2.45) is 0 Å². The average Bonchev–Trinajstić information content (AvgIpc) is 2.67. The van der Waals surface area contributed by atoms with Crippen LogP contribution in [0, 0.1) is 0 Å². The van der Waals surface area contributed by atoms with Gasteiger partial charge in [0.15, 0.2) is 0 Å². The van der Waals surface area contributed by atoms with Crippen molar-refractivity contribution in [3.8, 4) is 0 Å². The lowest BCUT2D eigenvalue weighted by Gasteiger charge is -2.15. The van der Waals surface area contributed by atoms with Gasteiger partial charge >= 0.3 is 11.9 Å². The van der Waals surface area contributed by atoms with Crippen molar-refractivity contribution in [3.63, 3.8) is 0 Å². The van der Waals surface area contributed by atoms with E-state index in [0.717, 1.165) is 38.5 Å². The summed E-state index contributed by atoms with van der Waals surface area (Å²) in [5, 5.41) is 0. The van der Waals surface area contributed by atoms with Crippen LogP contribution in [0.3, 0.4) is 0 Å². The van der Waals surface area contributed by atoms with Gasteiger partial charge in [-0.2, -0.15) is 0 Å². The predicted molar refractivity (Wildman–Crippen MR) is 105 cm³/mol. The highest BCUT2D eigenvalue weighted by atomic mass is 16.5. The lowest BCUT2D eigenvalue weighted by Crippen LogP contribution is -2.17. The molecular weight excluding hydrogens is 328 g/mol. The van der Waals surface area contributed by atoms with Crippen molar-refractivity contribution in [2.75, 3.05) is 6.61 Å². The van der Waals surface area contributed by atoms with Crippen LogP contribution < -0.4 is 0 Å². The maximum Gasteiger partial charge on any atom is 0.338 e. The minimum absolute atomic E-state index is 0.0419. The molecule has 0 aliphatic rings. The van der Waals surface area contributed by atoms with Crippen LogP contribution in [0.2, 0.25) is 0 Å². The summed E-state index contributed by atoms with van der Waals surface area (Å²) in [6.45, 7) is 6.77. The van der Waals surface area contributed by atoms with E-state index in [1.54, 1.807) is 24.3 Å². The second-order valence-corrected chi connectivity index (χ2v) is 6.71. The molecule has 4 heteroatoms. The standard InChI is InChI=1S/C22H34O4/c1-4-7-9-10-11-17-25-21(23)18-13-15-19(16-14-18)22(24)26-20(6-3)12-8-5-2/h13-16,20H,4-12,17H2,1-3H3. The maximum atomic E-state index is 12.2. The van der Waals surface area contributed by atoms with E-state index in [9.17, 15) is 9.59 Å². The summed E-state index contributed by atoms with van der Waals surface area (Å²) in [7, 11) is 0. The van der Waals surface area contributed by atoms with Gasteiger partial charge in [-0.1, -0.05) is 59.3 Å². The van der Waals surface area contributed by atoms with E-state index in [-0.39, 0.29) is 18.0 Å². The van der Waals surface area contributed by atoms with Crippen LogP contribution >= 0.6 is 0 Å². The third-order valence-corrected chi connectivity index (χ3v) is 4.45. The Morgan fingerprint density at radius 2 is 1.38 bits per heavy atom. The van der Waals surface area contributed by atoms with Crippen molar-refractivity contribution in [1.29, 1.82) is 0 Å². The summed E-state index contributed by atoms with van der Waals surface area (Å²) in [6.07, 6.45) is 9.39. The summed E-state index contributed by atoms with van der Waals surface area (Å²) < 4.78 is 10.8. The van der Waals surface area contributed by atoms with Gasteiger partial charge in [0, 0.05) is 0 Å². The topological polar surface area (TPSA) is 52.6 Å². The van der Waals surface area contributed by atoms with Gasteiger partial charge < -0.3 is 9.47 Å². The van der Waals surface area contributed by atoms with E-state index in [0.29, 0.717) is 17.7 Å². The van der Waals surface area contributed by atoms with E-state index >= 15 is 0 Å². The second kappa shape index (κ2) is 13.4. The largest absolute Gasteiger partial charge is 0.462 e. The lowest BCUT2D eigenvalue weighted by molar-refractivity contribution is 0.0267. The zero-order valence-corrected chi connectivity index (χ0v) is 16.6. The zero-order chi connectivity index (χ0) is 19.2. The predicted octanol–water partition coefficient (Wildman–Crippen LogP) is 5.94. The molecule has 1 aromatic rings. The first kappa shape index (κ1) is 22.2. The highest BCUT2D eigenvalue weighted by Crippen LogP contribution is 2.13. The molecule has 26 heavy (non-hydrogen) atoms. The molecule has 1 atom stereocenters. The highest BCUT2D eigenvalue weighted by molar-refractivity contribution is 5.93. The molecule has 4 nitrogen and oxygen atoms in total. The summed E-state index contributed by atoms with van der Waals surface area (Å²) in [4.78, 5) is 24.2. The van der Waals surface area contributed by atoms with Gasteiger partial charge in [0.05, 0.1) is 17.7 Å². The van der Waals surface area contributed by atoms with E-state index in [4.69, 9.17) is 9.47 Å². The molecule has 146 valence electrons. The number of hydrogen-bond acceptors (Lipinski definition) is 4. The monoisotopic (exact) mass is 362 g/mol. The average molecular weight is 363 g/mol. The highest BCUT2D eigenvalue weighted by Gasteiger charge is 2.15. The smallest absolute Gasteiger partial charge is 0.338 e. The second-order valence-electron chi connectivity index (χ2n) is 6.71. The third kappa shape index (κ3) is 8.50. The van der Waals surface area contributed by atoms with Crippen molar-refractivity contribution in [2.45, 2.75) is 84.7 Å². The number of esters is 2. The first-order valence-corrected chi connectivity index (χ1v) is 10.1. The van der Waals surface area contributed by atoms with Crippen LogP contribution in [0.1, 0.15) is 99.3 Å². The molecule has 0 heterocycles. The fourth-order valence-electron chi connectivity index (χ4n) is 2.69. The van der Waals surface area contributed by atoms with Crippen LogP contribution in [0.25, 0.3) is 0 Å². The molecule has 0 N–H and O–H groups in total. The van der Waals surface area contributed by atoms with Gasteiger partial charge in [0.2, 0.25) is 0 Å². The quantitative estimate of drug-likeness (QED) is 0.322. The van der Waals surface area contributed by atoms with E-state index in [1.165, 1.54) is 19.3 Å². The number of hydrogen-bond donors (Lipinski definition) is 0. The molecule has 0 saturated heterocycles. The Labute approximate surface area is 158 Å². The van der Waals surface area contributed by atoms with Crippen LogP contribution in [-0.4, -0.2) is 24.6 Å². The number of carbonyl (C=O) groups is 2. The van der Waals surface area contributed by atoms with E-state index in [1.807, 2.05) is 6.92 Å². The zero-order valence-electron chi connectivity index (χ0n) is 16.6. The fourth-order valence-corrected chi connectivity index (χ4v) is 2.69. The molecule has 1 aromatic carbocycles. The molecule has 1 rings (SSSR count). The first-order chi connectivity index (χ1) is 12.6. The number of ether oxygens (including phenoxy) is 2. The van der Waals surface area contributed by atoms with Gasteiger partial charge in [0.25, 0.3) is 0 Å². The van der Waals surface area contributed by atoms with Crippen LogP contribution in [0.4, 0.5) is 0 Å². The Balaban J connectivity index is 2.43. The maximum absolute atomic E-state index is 12.2. The Bertz CT molecular complexity index is 521. The SMILES string of the molecule is CCCCCCCOC(=O)c1ccc(C(=O)OC(CC)CCCC)cc1. The molecule has 0 bridgehead atoms. The van der Waals surface area contributed by atoms with E-state index < -0.39 is 0 Å². The molecule has 0 radical (unpaired) electrons. The Morgan fingerprint density at radius 1 is 0.808 bits per heavy atom. The molecule has 0 aromatic heterocycles. The van der Waals surface area contributed by atoms with Crippen LogP contribution in [0.15, 0.2) is 24.3 Å². The number of rotatable bonds is 13. The normalized spacial score (nSPS) is 11.8. The Kier molecular flexibility index (Phi) is 11.4. The number of unbranched alkanes of at least 4 members (excludes halogenated alkanes) is 5. The molecule has 0 amide bonds. The van der Waals surface area contributed by atoms with Gasteiger partial charge in [-0.3, -0.25) is 0 Å². The fraction of sp³-hybridized carbons (Fsp3) is 0.636. The van der Waals surface area contributed by atoms with Gasteiger partial charge in [-0.25, -0.2) is 9.59 Å². The van der Waals surface area contributed by atoms with Crippen molar-refractivity contribution in [1.82, 2.24) is 0 Å². The van der Waals surface area contributed by atoms with Gasteiger partial charge in [0.1, 0.15) is 6.10 Å². The van der Waals surface area contributed by atoms with Crippen LogP contribution in [0.5, 0.6) is 0 Å². The molecular formula is C22H34O4. The summed E-state index contributed by atoms with van der Waals surface area (Å²) in [6, 6.07) is 6.52. The van der Waals surface area contributed by atoms with Crippen molar-refractivity contribution < 1.29 is 19.1 Å².